The van der Waals surface area contributed by atoms with Crippen LogP contribution in [0.2, 0.25) is 0 Å². The molecule has 0 amide bonds. The van der Waals surface area contributed by atoms with Crippen LogP contribution in [0.4, 0.5) is 0 Å². The van der Waals surface area contributed by atoms with Crippen molar-refractivity contribution in [3.8, 4) is 0 Å². The molecular weight excluding hydrogens is 124 g/mol. The summed E-state index contributed by atoms with van der Waals surface area (Å²) >= 11 is 0. The molecule has 0 fully saturated rings. The fourth-order valence-electron chi connectivity index (χ4n) is 1.43. The molecule has 58 valence electrons. The van der Waals surface area contributed by atoms with Gasteiger partial charge in [0, 0.05) is 12.5 Å². The lowest BCUT2D eigenvalue weighted by molar-refractivity contribution is 0.322. The van der Waals surface area contributed by atoms with Crippen LogP contribution in [-0.4, -0.2) is 18.9 Å². The standard InChI is InChI=1S/C8H16N2/c1-6(2)8-4-9-5-10-7(8)3/h5-8H,4H2,1-3H3,(H,9,10). The molecule has 2 unspecified atom stereocenters. The minimum Gasteiger partial charge on any atom is -0.376 e. The van der Waals surface area contributed by atoms with E-state index in [2.05, 4.69) is 31.1 Å². The van der Waals surface area contributed by atoms with Gasteiger partial charge in [-0.2, -0.15) is 0 Å². The van der Waals surface area contributed by atoms with E-state index in [4.69, 9.17) is 0 Å². The smallest absolute Gasteiger partial charge is 0.0827 e. The SMILES string of the molecule is CC(C)C1CNC=NC1C. The molecule has 0 aliphatic carbocycles. The van der Waals surface area contributed by atoms with Crippen molar-refractivity contribution in [2.24, 2.45) is 16.8 Å². The highest BCUT2D eigenvalue weighted by atomic mass is 15.0. The first-order valence-corrected chi connectivity index (χ1v) is 3.97. The molecule has 1 heterocycles. The highest BCUT2D eigenvalue weighted by Gasteiger charge is 2.21. The van der Waals surface area contributed by atoms with Crippen LogP contribution < -0.4 is 5.32 Å². The maximum absolute atomic E-state index is 4.30. The zero-order chi connectivity index (χ0) is 7.56. The molecular formula is C8H16N2. The first-order valence-electron chi connectivity index (χ1n) is 3.97. The third-order valence-corrected chi connectivity index (χ3v) is 2.23. The maximum atomic E-state index is 4.30. The minimum atomic E-state index is 0.501. The molecule has 0 radical (unpaired) electrons. The quantitative estimate of drug-likeness (QED) is 0.583. The largest absolute Gasteiger partial charge is 0.376 e. The van der Waals surface area contributed by atoms with Crippen molar-refractivity contribution in [3.05, 3.63) is 0 Å². The first kappa shape index (κ1) is 7.58. The van der Waals surface area contributed by atoms with Crippen LogP contribution in [0.25, 0.3) is 0 Å². The number of rotatable bonds is 1. The third kappa shape index (κ3) is 1.49. The average molecular weight is 140 g/mol. The Labute approximate surface area is 62.7 Å². The van der Waals surface area contributed by atoms with E-state index in [1.165, 1.54) is 0 Å². The summed E-state index contributed by atoms with van der Waals surface area (Å²) in [5.74, 6) is 1.45. The molecule has 0 aromatic carbocycles. The van der Waals surface area contributed by atoms with Crippen LogP contribution in [0.5, 0.6) is 0 Å². The lowest BCUT2D eigenvalue weighted by atomic mass is 9.89. The highest BCUT2D eigenvalue weighted by molar-refractivity contribution is 5.55. The third-order valence-electron chi connectivity index (χ3n) is 2.23. The second-order valence-corrected chi connectivity index (χ2v) is 3.33. The van der Waals surface area contributed by atoms with Gasteiger partial charge in [-0.3, -0.25) is 4.99 Å². The van der Waals surface area contributed by atoms with Gasteiger partial charge in [0.2, 0.25) is 0 Å². The normalized spacial score (nSPS) is 32.4. The van der Waals surface area contributed by atoms with Crippen molar-refractivity contribution in [2.75, 3.05) is 6.54 Å². The second-order valence-electron chi connectivity index (χ2n) is 3.33. The fraction of sp³-hybridized carbons (Fsp3) is 0.875. The summed E-state index contributed by atoms with van der Waals surface area (Å²) in [6.45, 7) is 7.78. The van der Waals surface area contributed by atoms with Crippen LogP contribution >= 0.6 is 0 Å². The summed E-state index contributed by atoms with van der Waals surface area (Å²) < 4.78 is 0. The molecule has 0 saturated heterocycles. The highest BCUT2D eigenvalue weighted by Crippen LogP contribution is 2.18. The minimum absolute atomic E-state index is 0.501. The van der Waals surface area contributed by atoms with E-state index in [0.717, 1.165) is 12.5 Å². The van der Waals surface area contributed by atoms with Crippen LogP contribution in [0.3, 0.4) is 0 Å². The zero-order valence-electron chi connectivity index (χ0n) is 6.96. The van der Waals surface area contributed by atoms with Crippen molar-refractivity contribution in [1.82, 2.24) is 5.32 Å². The van der Waals surface area contributed by atoms with E-state index in [1.807, 2.05) is 6.34 Å². The molecule has 1 aliphatic rings. The van der Waals surface area contributed by atoms with E-state index >= 15 is 0 Å². The van der Waals surface area contributed by atoms with Gasteiger partial charge >= 0.3 is 0 Å². The second kappa shape index (κ2) is 3.04. The summed E-state index contributed by atoms with van der Waals surface area (Å²) in [4.78, 5) is 4.30. The zero-order valence-corrected chi connectivity index (χ0v) is 6.96. The van der Waals surface area contributed by atoms with Crippen LogP contribution in [0, 0.1) is 11.8 Å². The number of aliphatic imine (C=N–C) groups is 1. The molecule has 1 rings (SSSR count). The van der Waals surface area contributed by atoms with Crippen molar-refractivity contribution in [3.63, 3.8) is 0 Å². The molecule has 1 aliphatic heterocycles. The van der Waals surface area contributed by atoms with Gasteiger partial charge in [-0.15, -0.1) is 0 Å². The molecule has 10 heavy (non-hydrogen) atoms. The molecule has 0 saturated carbocycles. The first-order chi connectivity index (χ1) is 4.72. The van der Waals surface area contributed by atoms with Gasteiger partial charge in [0.25, 0.3) is 0 Å². The molecule has 2 heteroatoms. The van der Waals surface area contributed by atoms with Gasteiger partial charge in [0.15, 0.2) is 0 Å². The lowest BCUT2D eigenvalue weighted by Crippen LogP contribution is -2.36. The molecule has 1 N–H and O–H groups in total. The van der Waals surface area contributed by atoms with Crippen molar-refractivity contribution >= 4 is 6.34 Å². The Morgan fingerprint density at radius 3 is 2.70 bits per heavy atom. The van der Waals surface area contributed by atoms with Gasteiger partial charge in [-0.1, -0.05) is 13.8 Å². The number of hydrogen-bond donors (Lipinski definition) is 1. The molecule has 2 atom stereocenters. The van der Waals surface area contributed by atoms with Gasteiger partial charge in [0.05, 0.1) is 12.4 Å². The summed E-state index contributed by atoms with van der Waals surface area (Å²) in [6, 6.07) is 0.501. The van der Waals surface area contributed by atoms with Gasteiger partial charge in [-0.25, -0.2) is 0 Å². The van der Waals surface area contributed by atoms with Gasteiger partial charge in [-0.05, 0) is 12.8 Å². The van der Waals surface area contributed by atoms with Crippen molar-refractivity contribution < 1.29 is 0 Å². The molecule has 0 aromatic heterocycles. The van der Waals surface area contributed by atoms with Crippen molar-refractivity contribution in [1.29, 1.82) is 0 Å². The van der Waals surface area contributed by atoms with Crippen LogP contribution in [0.1, 0.15) is 20.8 Å². The lowest BCUT2D eigenvalue weighted by Gasteiger charge is -2.27. The van der Waals surface area contributed by atoms with E-state index in [0.29, 0.717) is 12.0 Å². The Hall–Kier alpha value is -0.530. The van der Waals surface area contributed by atoms with E-state index < -0.39 is 0 Å². The Kier molecular flexibility index (Phi) is 2.30. The Balaban J connectivity index is 2.52. The number of hydrogen-bond acceptors (Lipinski definition) is 2. The fourth-order valence-corrected chi connectivity index (χ4v) is 1.43. The Morgan fingerprint density at radius 2 is 2.30 bits per heavy atom. The Morgan fingerprint density at radius 1 is 1.60 bits per heavy atom. The van der Waals surface area contributed by atoms with Gasteiger partial charge in [0.1, 0.15) is 0 Å². The predicted molar refractivity (Wildman–Crippen MR) is 44.3 cm³/mol. The van der Waals surface area contributed by atoms with Crippen LogP contribution in [0.15, 0.2) is 4.99 Å². The topological polar surface area (TPSA) is 24.4 Å². The number of nitrogens with zero attached hydrogens (tertiary/aromatic N) is 1. The van der Waals surface area contributed by atoms with Crippen molar-refractivity contribution in [2.45, 2.75) is 26.8 Å². The molecule has 2 nitrogen and oxygen atoms in total. The Bertz CT molecular complexity index is 129. The van der Waals surface area contributed by atoms with Crippen LogP contribution in [-0.2, 0) is 0 Å². The van der Waals surface area contributed by atoms with E-state index in [-0.39, 0.29) is 0 Å². The molecule has 0 aromatic rings. The molecule has 0 spiro atoms. The summed E-state index contributed by atoms with van der Waals surface area (Å²) in [6.07, 6.45) is 1.82. The van der Waals surface area contributed by atoms with E-state index in [1.54, 1.807) is 0 Å². The summed E-state index contributed by atoms with van der Waals surface area (Å²) in [5.41, 5.74) is 0. The average Bonchev–Trinajstić information content (AvgIpc) is 1.88. The molecule has 0 bridgehead atoms. The number of nitrogens with one attached hydrogen (secondary N) is 1. The maximum Gasteiger partial charge on any atom is 0.0827 e. The van der Waals surface area contributed by atoms with E-state index in [9.17, 15) is 0 Å². The monoisotopic (exact) mass is 140 g/mol. The predicted octanol–water partition coefficient (Wildman–Crippen LogP) is 1.28. The van der Waals surface area contributed by atoms with Gasteiger partial charge < -0.3 is 5.32 Å². The summed E-state index contributed by atoms with van der Waals surface area (Å²) in [7, 11) is 0. The summed E-state index contributed by atoms with van der Waals surface area (Å²) in [5, 5.41) is 3.15.